The molecule has 1 aromatic rings. The Hall–Kier alpha value is -1.09. The first-order valence-electron chi connectivity index (χ1n) is 6.62. The van der Waals surface area contributed by atoms with Crippen molar-refractivity contribution in [1.29, 1.82) is 0 Å². The number of hydrogen-bond donors (Lipinski definition) is 1. The smallest absolute Gasteiger partial charge is 0.374 e. The van der Waals surface area contributed by atoms with E-state index in [-0.39, 0.29) is 34.7 Å². The third-order valence-electron chi connectivity index (χ3n) is 3.84. The standard InChI is InChI=1S/C13H20N2O5S.ClH/c1-13(2)8-15(7-6-10(13)14)21(17,18)11-5-4-9(20-11)12(16)19-3;/h4-5,10H,6-8,14H2,1-3H3;1H. The number of rotatable bonds is 3. The average molecular weight is 353 g/mol. The highest BCUT2D eigenvalue weighted by Crippen LogP contribution is 2.31. The van der Waals surface area contributed by atoms with Gasteiger partial charge in [-0.3, -0.25) is 0 Å². The Morgan fingerprint density at radius 3 is 2.64 bits per heavy atom. The van der Waals surface area contributed by atoms with Crippen LogP contribution in [0.25, 0.3) is 0 Å². The number of carbonyl (C=O) groups excluding carboxylic acids is 1. The van der Waals surface area contributed by atoms with Crippen molar-refractivity contribution in [3.63, 3.8) is 0 Å². The van der Waals surface area contributed by atoms with Gasteiger partial charge in [0, 0.05) is 19.1 Å². The van der Waals surface area contributed by atoms with Gasteiger partial charge in [-0.05, 0) is 24.0 Å². The molecule has 7 nitrogen and oxygen atoms in total. The Morgan fingerprint density at radius 1 is 1.45 bits per heavy atom. The monoisotopic (exact) mass is 352 g/mol. The molecule has 22 heavy (non-hydrogen) atoms. The summed E-state index contributed by atoms with van der Waals surface area (Å²) in [6.07, 6.45) is 0.580. The van der Waals surface area contributed by atoms with E-state index in [4.69, 9.17) is 10.2 Å². The molecule has 2 heterocycles. The summed E-state index contributed by atoms with van der Waals surface area (Å²) >= 11 is 0. The van der Waals surface area contributed by atoms with Gasteiger partial charge >= 0.3 is 5.97 Å². The number of furan rings is 1. The lowest BCUT2D eigenvalue weighted by atomic mass is 9.81. The molecular formula is C13H21ClN2O5S. The van der Waals surface area contributed by atoms with Crippen LogP contribution in [0.4, 0.5) is 0 Å². The molecule has 1 fully saturated rings. The van der Waals surface area contributed by atoms with Gasteiger partial charge < -0.3 is 14.9 Å². The molecule has 2 N–H and O–H groups in total. The minimum absolute atomic E-state index is 0. The quantitative estimate of drug-likeness (QED) is 0.821. The molecule has 1 aliphatic rings. The second kappa shape index (κ2) is 6.57. The molecule has 1 unspecified atom stereocenters. The van der Waals surface area contributed by atoms with Crippen molar-refractivity contribution in [2.24, 2.45) is 11.1 Å². The molecule has 9 heteroatoms. The number of halogens is 1. The molecule has 126 valence electrons. The maximum Gasteiger partial charge on any atom is 0.374 e. The summed E-state index contributed by atoms with van der Waals surface area (Å²) in [4.78, 5) is 11.3. The maximum atomic E-state index is 12.5. The number of ether oxygens (including phenoxy) is 1. The lowest BCUT2D eigenvalue weighted by Gasteiger charge is -2.41. The zero-order chi connectivity index (χ0) is 15.8. The number of carbonyl (C=O) groups is 1. The number of methoxy groups -OCH3 is 1. The van der Waals surface area contributed by atoms with Crippen LogP contribution in [0.3, 0.4) is 0 Å². The lowest BCUT2D eigenvalue weighted by Crippen LogP contribution is -2.53. The fourth-order valence-corrected chi connectivity index (χ4v) is 3.86. The zero-order valence-electron chi connectivity index (χ0n) is 12.7. The number of hydrogen-bond acceptors (Lipinski definition) is 6. The van der Waals surface area contributed by atoms with Crippen LogP contribution in [0.2, 0.25) is 0 Å². The Labute approximate surface area is 136 Å². The van der Waals surface area contributed by atoms with E-state index in [1.165, 1.54) is 23.5 Å². The fraction of sp³-hybridized carbons (Fsp3) is 0.615. The van der Waals surface area contributed by atoms with Gasteiger partial charge in [0.25, 0.3) is 10.0 Å². The number of piperidine rings is 1. The van der Waals surface area contributed by atoms with E-state index < -0.39 is 16.0 Å². The van der Waals surface area contributed by atoms with E-state index in [0.717, 1.165) is 0 Å². The average Bonchev–Trinajstić information content (AvgIpc) is 2.91. The molecule has 1 aromatic heterocycles. The summed E-state index contributed by atoms with van der Waals surface area (Å²) < 4.78 is 36.0. The molecule has 1 aliphatic heterocycles. The van der Waals surface area contributed by atoms with Crippen molar-refractivity contribution in [2.45, 2.75) is 31.4 Å². The molecule has 2 rings (SSSR count). The van der Waals surface area contributed by atoms with Crippen molar-refractivity contribution in [3.05, 3.63) is 17.9 Å². The first-order valence-corrected chi connectivity index (χ1v) is 8.06. The van der Waals surface area contributed by atoms with E-state index in [2.05, 4.69) is 4.74 Å². The number of nitrogens with two attached hydrogens (primary N) is 1. The van der Waals surface area contributed by atoms with Crippen LogP contribution < -0.4 is 5.73 Å². The Bertz CT molecular complexity index is 641. The van der Waals surface area contributed by atoms with Gasteiger partial charge in [0.05, 0.1) is 7.11 Å². The summed E-state index contributed by atoms with van der Waals surface area (Å²) in [7, 11) is -2.57. The van der Waals surface area contributed by atoms with Gasteiger partial charge in [0.2, 0.25) is 10.9 Å². The Balaban J connectivity index is 0.00000242. The fourth-order valence-electron chi connectivity index (χ4n) is 2.33. The summed E-state index contributed by atoms with van der Waals surface area (Å²) in [5.74, 6) is -0.846. The minimum atomic E-state index is -3.77. The second-order valence-corrected chi connectivity index (χ2v) is 7.70. The van der Waals surface area contributed by atoms with Gasteiger partial charge in [-0.25, -0.2) is 13.2 Å². The van der Waals surface area contributed by atoms with Crippen LogP contribution in [0, 0.1) is 5.41 Å². The number of nitrogens with zero attached hydrogens (tertiary/aromatic N) is 1. The van der Waals surface area contributed by atoms with Crippen molar-refractivity contribution in [1.82, 2.24) is 4.31 Å². The van der Waals surface area contributed by atoms with Gasteiger partial charge in [0.15, 0.2) is 0 Å². The number of sulfonamides is 1. The van der Waals surface area contributed by atoms with Crippen LogP contribution in [-0.4, -0.2) is 44.9 Å². The van der Waals surface area contributed by atoms with E-state index >= 15 is 0 Å². The molecule has 0 amide bonds. The normalized spacial score (nSPS) is 21.9. The van der Waals surface area contributed by atoms with E-state index in [9.17, 15) is 13.2 Å². The molecule has 0 spiro atoms. The molecule has 0 saturated carbocycles. The van der Waals surface area contributed by atoms with Gasteiger partial charge in [-0.1, -0.05) is 13.8 Å². The van der Waals surface area contributed by atoms with Crippen LogP contribution in [0.1, 0.15) is 30.8 Å². The van der Waals surface area contributed by atoms with E-state index in [1.807, 2.05) is 13.8 Å². The third kappa shape index (κ3) is 3.45. The molecule has 1 atom stereocenters. The molecule has 0 aromatic carbocycles. The first kappa shape index (κ1) is 19.0. The van der Waals surface area contributed by atoms with Crippen LogP contribution >= 0.6 is 12.4 Å². The maximum absolute atomic E-state index is 12.5. The summed E-state index contributed by atoms with van der Waals surface area (Å²) in [6, 6.07) is 2.51. The van der Waals surface area contributed by atoms with Crippen molar-refractivity contribution in [3.8, 4) is 0 Å². The van der Waals surface area contributed by atoms with Gasteiger partial charge in [-0.2, -0.15) is 4.31 Å². The number of esters is 1. The van der Waals surface area contributed by atoms with Crippen LogP contribution in [0.5, 0.6) is 0 Å². The highest BCUT2D eigenvalue weighted by Gasteiger charge is 2.40. The highest BCUT2D eigenvalue weighted by atomic mass is 35.5. The predicted octanol–water partition coefficient (Wildman–Crippen LogP) is 1.24. The second-order valence-electron chi connectivity index (χ2n) is 5.83. The SMILES string of the molecule is COC(=O)c1ccc(S(=O)(=O)N2CCC(N)C(C)(C)C2)o1.Cl. The highest BCUT2D eigenvalue weighted by molar-refractivity contribution is 7.89. The minimum Gasteiger partial charge on any atom is -0.463 e. The van der Waals surface area contributed by atoms with E-state index in [1.54, 1.807) is 0 Å². The zero-order valence-corrected chi connectivity index (χ0v) is 14.4. The van der Waals surface area contributed by atoms with Gasteiger partial charge in [-0.15, -0.1) is 12.4 Å². The largest absolute Gasteiger partial charge is 0.463 e. The summed E-state index contributed by atoms with van der Waals surface area (Å²) in [5, 5.41) is -0.255. The van der Waals surface area contributed by atoms with Crippen LogP contribution in [-0.2, 0) is 14.8 Å². The first-order chi connectivity index (χ1) is 9.68. The molecule has 0 radical (unpaired) electrons. The topological polar surface area (TPSA) is 103 Å². The predicted molar refractivity (Wildman–Crippen MR) is 82.4 cm³/mol. The van der Waals surface area contributed by atoms with Gasteiger partial charge in [0.1, 0.15) is 0 Å². The lowest BCUT2D eigenvalue weighted by molar-refractivity contribution is 0.0558. The molecular weight excluding hydrogens is 332 g/mol. The Morgan fingerprint density at radius 2 is 2.09 bits per heavy atom. The molecule has 0 bridgehead atoms. The van der Waals surface area contributed by atoms with E-state index in [0.29, 0.717) is 19.5 Å². The van der Waals surface area contributed by atoms with Crippen LogP contribution in [0.15, 0.2) is 21.6 Å². The van der Waals surface area contributed by atoms with Crippen molar-refractivity contribution >= 4 is 28.4 Å². The third-order valence-corrected chi connectivity index (χ3v) is 5.56. The van der Waals surface area contributed by atoms with Crippen molar-refractivity contribution in [2.75, 3.05) is 20.2 Å². The Kier molecular flexibility index (Phi) is 5.66. The van der Waals surface area contributed by atoms with Crippen molar-refractivity contribution < 1.29 is 22.4 Å². The summed E-state index contributed by atoms with van der Waals surface area (Å²) in [6.45, 7) is 4.51. The molecule has 0 aliphatic carbocycles. The molecule has 1 saturated heterocycles. The summed E-state index contributed by atoms with van der Waals surface area (Å²) in [5.41, 5.74) is 5.70.